The van der Waals surface area contributed by atoms with Gasteiger partial charge in [-0.2, -0.15) is 0 Å². The molecule has 214 valence electrons. The summed E-state index contributed by atoms with van der Waals surface area (Å²) in [4.78, 5) is 28.3. The Morgan fingerprint density at radius 3 is 2.38 bits per heavy atom. The summed E-state index contributed by atoms with van der Waals surface area (Å²) in [5.41, 5.74) is 3.23. The fourth-order valence-corrected chi connectivity index (χ4v) is 6.31. The molecule has 1 N–H and O–H groups in total. The molecule has 0 unspecified atom stereocenters. The summed E-state index contributed by atoms with van der Waals surface area (Å²) in [6.07, 6.45) is 6.79. The van der Waals surface area contributed by atoms with Crippen molar-refractivity contribution in [2.75, 3.05) is 17.1 Å². The van der Waals surface area contributed by atoms with Gasteiger partial charge in [0, 0.05) is 25.6 Å². The van der Waals surface area contributed by atoms with E-state index in [-0.39, 0.29) is 37.4 Å². The molecule has 3 rings (SSSR count). The van der Waals surface area contributed by atoms with Gasteiger partial charge in [-0.3, -0.25) is 13.9 Å². The summed E-state index contributed by atoms with van der Waals surface area (Å²) < 4.78 is 26.6. The Kier molecular flexibility index (Phi) is 11.1. The minimum Gasteiger partial charge on any atom is -0.352 e. The average molecular weight is 597 g/mol. The molecule has 2 amide bonds. The van der Waals surface area contributed by atoms with Gasteiger partial charge in [0.2, 0.25) is 21.8 Å². The Morgan fingerprint density at radius 1 is 1.05 bits per heavy atom. The molecular weight excluding hydrogens is 557 g/mol. The maximum atomic E-state index is 13.5. The summed E-state index contributed by atoms with van der Waals surface area (Å²) in [7, 11) is -3.56. The monoisotopic (exact) mass is 595 g/mol. The average Bonchev–Trinajstić information content (AvgIpc) is 2.88. The van der Waals surface area contributed by atoms with E-state index in [4.69, 9.17) is 23.2 Å². The zero-order valence-corrected chi connectivity index (χ0v) is 25.5. The zero-order chi connectivity index (χ0) is 28.7. The molecule has 0 heterocycles. The van der Waals surface area contributed by atoms with Gasteiger partial charge in [-0.25, -0.2) is 8.42 Å². The third-order valence-corrected chi connectivity index (χ3v) is 9.37. The lowest BCUT2D eigenvalue weighted by Gasteiger charge is -2.31. The number of rotatable bonds is 11. The van der Waals surface area contributed by atoms with Crippen LogP contribution in [0, 0.1) is 13.8 Å². The van der Waals surface area contributed by atoms with E-state index in [9.17, 15) is 18.0 Å². The van der Waals surface area contributed by atoms with Gasteiger partial charge in [-0.1, -0.05) is 60.7 Å². The second kappa shape index (κ2) is 13.9. The fourth-order valence-electron chi connectivity index (χ4n) is 4.97. The maximum Gasteiger partial charge on any atom is 0.242 e. The van der Waals surface area contributed by atoms with Crippen LogP contribution in [0.4, 0.5) is 5.69 Å². The lowest BCUT2D eigenvalue weighted by Crippen LogP contribution is -2.50. The summed E-state index contributed by atoms with van der Waals surface area (Å²) >= 11 is 12.3. The van der Waals surface area contributed by atoms with Gasteiger partial charge in [0.1, 0.15) is 6.04 Å². The molecule has 0 aliphatic heterocycles. The number of benzene rings is 2. The van der Waals surface area contributed by atoms with Gasteiger partial charge >= 0.3 is 0 Å². The van der Waals surface area contributed by atoms with Gasteiger partial charge in [-0.15, -0.1) is 0 Å². The van der Waals surface area contributed by atoms with Crippen LogP contribution in [0.5, 0.6) is 0 Å². The highest BCUT2D eigenvalue weighted by molar-refractivity contribution is 7.92. The van der Waals surface area contributed by atoms with Crippen LogP contribution >= 0.6 is 23.2 Å². The second-order valence-electron chi connectivity index (χ2n) is 10.4. The van der Waals surface area contributed by atoms with E-state index in [1.54, 1.807) is 36.1 Å². The number of halogens is 2. The number of hydrogen-bond donors (Lipinski definition) is 1. The number of amides is 2. The number of carbonyl (C=O) groups is 2. The van der Waals surface area contributed by atoms with Crippen molar-refractivity contribution < 1.29 is 18.0 Å². The summed E-state index contributed by atoms with van der Waals surface area (Å²) in [6, 6.07) is 10.1. The third kappa shape index (κ3) is 8.60. The lowest BCUT2D eigenvalue weighted by atomic mass is 9.95. The van der Waals surface area contributed by atoms with E-state index in [0.29, 0.717) is 22.2 Å². The molecule has 0 radical (unpaired) electrons. The molecule has 1 fully saturated rings. The molecule has 1 aliphatic rings. The molecular formula is C29H39Cl2N3O4S. The van der Waals surface area contributed by atoms with Gasteiger partial charge in [-0.05, 0) is 74.9 Å². The Labute approximate surface area is 242 Å². The van der Waals surface area contributed by atoms with E-state index >= 15 is 0 Å². The standard InChI is InChI=1S/C29H39Cl2N3O4S/c1-20-10-8-13-27(21(20)2)34(39(4,37)38)17-9-14-28(35)33(19-23-15-16-25(30)26(31)18-23)22(3)29(36)32-24-11-6-5-7-12-24/h8,10,13,15-16,18,22,24H,5-7,9,11-12,14,17,19H2,1-4H3,(H,32,36)/t22-/m0/s1. The SMILES string of the molecule is Cc1cccc(N(CCCC(=O)N(Cc2ccc(Cl)c(Cl)c2)[C@@H](C)C(=O)NC2CCCCC2)S(C)(=O)=O)c1C. The van der Waals surface area contributed by atoms with Crippen molar-refractivity contribution in [2.24, 2.45) is 0 Å². The van der Waals surface area contributed by atoms with Crippen molar-refractivity contribution >= 4 is 50.7 Å². The minimum atomic E-state index is -3.56. The second-order valence-corrected chi connectivity index (χ2v) is 13.2. The van der Waals surface area contributed by atoms with Crippen LogP contribution in [0.15, 0.2) is 36.4 Å². The van der Waals surface area contributed by atoms with Crippen LogP contribution < -0.4 is 9.62 Å². The number of sulfonamides is 1. The van der Waals surface area contributed by atoms with Crippen molar-refractivity contribution in [3.8, 4) is 0 Å². The van der Waals surface area contributed by atoms with Crippen molar-refractivity contribution in [2.45, 2.75) is 84.3 Å². The quantitative estimate of drug-likeness (QED) is 0.344. The van der Waals surface area contributed by atoms with Crippen LogP contribution in [0.3, 0.4) is 0 Å². The molecule has 39 heavy (non-hydrogen) atoms. The molecule has 7 nitrogen and oxygen atoms in total. The van der Waals surface area contributed by atoms with Crippen molar-refractivity contribution in [1.82, 2.24) is 10.2 Å². The van der Waals surface area contributed by atoms with Crippen molar-refractivity contribution in [3.05, 3.63) is 63.1 Å². The zero-order valence-electron chi connectivity index (χ0n) is 23.2. The fraction of sp³-hybridized carbons (Fsp3) is 0.517. The van der Waals surface area contributed by atoms with E-state index in [2.05, 4.69) is 5.32 Å². The Bertz CT molecular complexity index is 1280. The van der Waals surface area contributed by atoms with Crippen molar-refractivity contribution in [1.29, 1.82) is 0 Å². The van der Waals surface area contributed by atoms with E-state index in [1.807, 2.05) is 26.0 Å². The summed E-state index contributed by atoms with van der Waals surface area (Å²) in [6.45, 7) is 5.88. The first-order valence-electron chi connectivity index (χ1n) is 13.5. The first-order chi connectivity index (χ1) is 18.4. The summed E-state index contributed by atoms with van der Waals surface area (Å²) in [5, 5.41) is 3.90. The number of carbonyl (C=O) groups excluding carboxylic acids is 2. The molecule has 0 spiro atoms. The van der Waals surface area contributed by atoms with Crippen molar-refractivity contribution in [3.63, 3.8) is 0 Å². The number of aryl methyl sites for hydroxylation is 1. The predicted molar refractivity (Wildman–Crippen MR) is 159 cm³/mol. The summed E-state index contributed by atoms with van der Waals surface area (Å²) in [5.74, 6) is -0.426. The smallest absolute Gasteiger partial charge is 0.242 e. The molecule has 1 atom stereocenters. The first kappa shape index (κ1) is 31.2. The van der Waals surface area contributed by atoms with Gasteiger partial charge < -0.3 is 10.2 Å². The number of hydrogen-bond acceptors (Lipinski definition) is 4. The largest absolute Gasteiger partial charge is 0.352 e. The molecule has 1 aliphatic carbocycles. The van der Waals surface area contributed by atoms with E-state index < -0.39 is 16.1 Å². The maximum absolute atomic E-state index is 13.5. The molecule has 2 aromatic carbocycles. The molecule has 10 heteroatoms. The molecule has 0 saturated heterocycles. The topological polar surface area (TPSA) is 86.8 Å². The van der Waals surface area contributed by atoms with Crippen LogP contribution in [0.1, 0.15) is 68.6 Å². The van der Waals surface area contributed by atoms with Gasteiger partial charge in [0.05, 0.1) is 22.0 Å². The highest BCUT2D eigenvalue weighted by Crippen LogP contribution is 2.27. The molecule has 0 bridgehead atoms. The number of nitrogens with zero attached hydrogens (tertiary/aromatic N) is 2. The number of nitrogens with one attached hydrogen (secondary N) is 1. The lowest BCUT2D eigenvalue weighted by molar-refractivity contribution is -0.141. The molecule has 1 saturated carbocycles. The minimum absolute atomic E-state index is 0.0826. The van der Waals surface area contributed by atoms with E-state index in [1.165, 1.54) is 17.0 Å². The van der Waals surface area contributed by atoms with Gasteiger partial charge in [0.15, 0.2) is 0 Å². The Balaban J connectivity index is 1.76. The first-order valence-corrected chi connectivity index (χ1v) is 16.1. The van der Waals surface area contributed by atoms with Gasteiger partial charge in [0.25, 0.3) is 0 Å². The predicted octanol–water partition coefficient (Wildman–Crippen LogP) is 6.02. The highest BCUT2D eigenvalue weighted by atomic mass is 35.5. The van der Waals surface area contributed by atoms with Crippen LogP contribution in [-0.4, -0.2) is 50.0 Å². The normalized spacial score (nSPS) is 15.0. The van der Waals surface area contributed by atoms with Crippen LogP contribution in [0.2, 0.25) is 10.0 Å². The highest BCUT2D eigenvalue weighted by Gasteiger charge is 2.29. The Morgan fingerprint density at radius 2 is 1.74 bits per heavy atom. The van der Waals surface area contributed by atoms with E-state index in [0.717, 1.165) is 42.4 Å². The molecule has 0 aromatic heterocycles. The Hall–Kier alpha value is -2.29. The third-order valence-electron chi connectivity index (χ3n) is 7.45. The number of anilines is 1. The van der Waals surface area contributed by atoms with Crippen LogP contribution in [-0.2, 0) is 26.2 Å². The molecule has 2 aromatic rings. The van der Waals surface area contributed by atoms with Crippen LogP contribution in [0.25, 0.3) is 0 Å².